The van der Waals surface area contributed by atoms with Crippen molar-refractivity contribution in [2.45, 2.75) is 29.9 Å². The summed E-state index contributed by atoms with van der Waals surface area (Å²) in [4.78, 5) is 18.6. The molecule has 0 aliphatic carbocycles. The van der Waals surface area contributed by atoms with Gasteiger partial charge in [0.1, 0.15) is 5.75 Å². The Balaban J connectivity index is 1.44. The molecule has 0 amide bonds. The highest BCUT2D eigenvalue weighted by Gasteiger charge is 2.31. The second-order valence-electron chi connectivity index (χ2n) is 9.13. The molecule has 0 bridgehead atoms. The molecular weight excluding hydrogens is 513 g/mol. The summed E-state index contributed by atoms with van der Waals surface area (Å²) >= 11 is 3.61. The largest absolute Gasteiger partial charge is 0.497 e. The summed E-state index contributed by atoms with van der Waals surface area (Å²) in [6, 6.07) is 10.7. The number of esters is 1. The van der Waals surface area contributed by atoms with Crippen LogP contribution in [0.15, 0.2) is 51.1 Å². The van der Waals surface area contributed by atoms with E-state index in [-0.39, 0.29) is 17.8 Å². The number of carbonyl (C=O) groups is 1. The van der Waals surface area contributed by atoms with E-state index in [2.05, 4.69) is 32.6 Å². The van der Waals surface area contributed by atoms with Crippen LogP contribution in [-0.2, 0) is 9.53 Å². The number of thioether (sulfide) groups is 1. The van der Waals surface area contributed by atoms with Crippen molar-refractivity contribution in [3.63, 3.8) is 0 Å². The first-order valence-corrected chi connectivity index (χ1v) is 14.2. The molecule has 0 radical (unpaired) electrons. The van der Waals surface area contributed by atoms with Crippen LogP contribution in [0, 0.1) is 17.8 Å². The first-order chi connectivity index (χ1) is 18.0. The molecule has 1 aliphatic rings. The predicted molar refractivity (Wildman–Crippen MR) is 146 cm³/mol. The van der Waals surface area contributed by atoms with Crippen molar-refractivity contribution in [2.75, 3.05) is 39.6 Å². The van der Waals surface area contributed by atoms with Crippen LogP contribution < -0.4 is 4.74 Å². The predicted octanol–water partition coefficient (Wildman–Crippen LogP) is 5.70. The number of methoxy groups -OCH3 is 2. The van der Waals surface area contributed by atoms with Crippen LogP contribution >= 0.6 is 23.1 Å². The van der Waals surface area contributed by atoms with Gasteiger partial charge in [-0.2, -0.15) is 4.39 Å². The number of aromatic nitrogens is 1. The van der Waals surface area contributed by atoms with Gasteiger partial charge in [0.15, 0.2) is 0 Å². The number of rotatable bonds is 11. The van der Waals surface area contributed by atoms with E-state index in [4.69, 9.17) is 9.47 Å². The Kier molecular flexibility index (Phi) is 9.76. The zero-order valence-corrected chi connectivity index (χ0v) is 22.7. The Morgan fingerprint density at radius 1 is 1.30 bits per heavy atom. The van der Waals surface area contributed by atoms with Crippen LogP contribution in [0.5, 0.6) is 5.75 Å². The summed E-state index contributed by atoms with van der Waals surface area (Å²) in [6.45, 7) is 2.73. The lowest BCUT2D eigenvalue weighted by molar-refractivity contribution is -0.142. The topological polar surface area (TPSA) is 84.2 Å². The van der Waals surface area contributed by atoms with Crippen molar-refractivity contribution >= 4 is 45.7 Å². The number of oxime groups is 1. The first-order valence-electron chi connectivity index (χ1n) is 12.3. The highest BCUT2D eigenvalue weighted by atomic mass is 32.2. The molecule has 1 fully saturated rings. The Bertz CT molecular complexity index is 1220. The lowest BCUT2D eigenvalue weighted by Crippen LogP contribution is -2.42. The van der Waals surface area contributed by atoms with E-state index >= 15 is 0 Å². The molecule has 1 saturated heterocycles. The molecule has 10 heteroatoms. The average molecular weight is 546 g/mol. The van der Waals surface area contributed by atoms with Gasteiger partial charge >= 0.3 is 5.97 Å². The van der Waals surface area contributed by atoms with Crippen LogP contribution in [0.1, 0.15) is 31.2 Å². The number of hydrogen-bond acceptors (Lipinski definition) is 9. The quantitative estimate of drug-likeness (QED) is 0.0827. The van der Waals surface area contributed by atoms with Crippen molar-refractivity contribution in [1.82, 2.24) is 9.88 Å². The minimum Gasteiger partial charge on any atom is -0.497 e. The monoisotopic (exact) mass is 545 g/mol. The van der Waals surface area contributed by atoms with Gasteiger partial charge in [-0.15, -0.1) is 23.1 Å². The van der Waals surface area contributed by atoms with Gasteiger partial charge in [-0.1, -0.05) is 11.2 Å². The summed E-state index contributed by atoms with van der Waals surface area (Å²) in [5.74, 6) is 1.16. The zero-order chi connectivity index (χ0) is 26.2. The van der Waals surface area contributed by atoms with Gasteiger partial charge in [0.2, 0.25) is 5.95 Å². The molecule has 2 aromatic heterocycles. The van der Waals surface area contributed by atoms with Crippen molar-refractivity contribution < 1.29 is 23.9 Å². The van der Waals surface area contributed by atoms with Gasteiger partial charge in [0, 0.05) is 42.3 Å². The van der Waals surface area contributed by atoms with Gasteiger partial charge in [0.25, 0.3) is 0 Å². The number of pyridine rings is 1. The SMILES string of the molecule is COC(=O)CC1CN(CCSc2cccs2)CCC1CCC(=NO)c1cc(F)nc2ccc(OC)cc12. The van der Waals surface area contributed by atoms with E-state index in [9.17, 15) is 14.4 Å². The molecule has 0 saturated carbocycles. The Morgan fingerprint density at radius 3 is 2.89 bits per heavy atom. The molecule has 3 heterocycles. The molecule has 1 N–H and O–H groups in total. The number of piperidine rings is 1. The molecule has 3 aromatic rings. The summed E-state index contributed by atoms with van der Waals surface area (Å²) in [5, 5.41) is 16.2. The fourth-order valence-electron chi connectivity index (χ4n) is 4.99. The van der Waals surface area contributed by atoms with Crippen LogP contribution in [-0.4, -0.2) is 66.4 Å². The number of thiophene rings is 1. The van der Waals surface area contributed by atoms with E-state index in [1.807, 2.05) is 11.8 Å². The molecule has 1 aromatic carbocycles. The van der Waals surface area contributed by atoms with Crippen LogP contribution in [0.3, 0.4) is 0 Å². The van der Waals surface area contributed by atoms with E-state index in [0.717, 1.165) is 31.8 Å². The zero-order valence-electron chi connectivity index (χ0n) is 21.1. The number of carbonyl (C=O) groups excluding carboxylic acids is 1. The molecule has 4 rings (SSSR count). The number of hydrogen-bond donors (Lipinski definition) is 1. The maximum atomic E-state index is 14.3. The highest BCUT2D eigenvalue weighted by molar-refractivity contribution is 8.01. The van der Waals surface area contributed by atoms with Gasteiger partial charge in [0.05, 0.1) is 29.7 Å². The van der Waals surface area contributed by atoms with Gasteiger partial charge in [-0.25, -0.2) is 4.98 Å². The Hall–Kier alpha value is -2.69. The minimum atomic E-state index is -0.633. The number of benzene rings is 1. The second kappa shape index (κ2) is 13.2. The number of nitrogens with zero attached hydrogens (tertiary/aromatic N) is 3. The molecule has 2 atom stereocenters. The molecule has 37 heavy (non-hydrogen) atoms. The standard InChI is InChI=1S/C27H32FN3O4S2/c1-34-20-6-8-23-21(15-20)22(16-25(28)29-23)24(30-33)7-5-18-9-10-31(17-19(18)14-26(32)35-2)11-13-37-27-4-3-12-36-27/h3-4,6,8,12,15-16,18-19,33H,5,7,9-11,13-14,17H2,1-2H3. The van der Waals surface area contributed by atoms with Gasteiger partial charge in [-0.3, -0.25) is 4.79 Å². The Labute approximate surface area is 224 Å². The lowest BCUT2D eigenvalue weighted by atomic mass is 9.79. The second-order valence-corrected chi connectivity index (χ2v) is 11.5. The molecular formula is C27H32FN3O4S2. The summed E-state index contributed by atoms with van der Waals surface area (Å²) < 4.78 is 25.9. The van der Waals surface area contributed by atoms with Gasteiger partial charge < -0.3 is 19.6 Å². The van der Waals surface area contributed by atoms with Crippen molar-refractivity contribution in [2.24, 2.45) is 17.0 Å². The molecule has 1 aliphatic heterocycles. The van der Waals surface area contributed by atoms with E-state index < -0.39 is 5.95 Å². The third-order valence-electron chi connectivity index (χ3n) is 6.95. The average Bonchev–Trinajstić information content (AvgIpc) is 3.43. The minimum absolute atomic E-state index is 0.138. The van der Waals surface area contributed by atoms with Gasteiger partial charge in [-0.05, 0) is 67.3 Å². The number of fused-ring (bicyclic) bond motifs is 1. The maximum absolute atomic E-state index is 14.3. The van der Waals surface area contributed by atoms with E-state index in [1.54, 1.807) is 36.6 Å². The van der Waals surface area contributed by atoms with Crippen LogP contribution in [0.2, 0.25) is 0 Å². The van der Waals surface area contributed by atoms with Crippen molar-refractivity contribution in [3.8, 4) is 5.75 Å². The fraction of sp³-hybridized carbons (Fsp3) is 0.444. The number of ether oxygens (including phenoxy) is 2. The first kappa shape index (κ1) is 27.3. The summed E-state index contributed by atoms with van der Waals surface area (Å²) in [6.07, 6.45) is 2.45. The fourth-order valence-corrected chi connectivity index (χ4v) is 6.85. The molecule has 198 valence electrons. The maximum Gasteiger partial charge on any atom is 0.305 e. The van der Waals surface area contributed by atoms with Crippen molar-refractivity contribution in [3.05, 3.63) is 53.3 Å². The summed E-state index contributed by atoms with van der Waals surface area (Å²) in [7, 11) is 2.98. The number of halogens is 1. The molecule has 0 spiro atoms. The normalized spacial score (nSPS) is 18.7. The molecule has 7 nitrogen and oxygen atoms in total. The third kappa shape index (κ3) is 7.21. The smallest absolute Gasteiger partial charge is 0.305 e. The molecule has 2 unspecified atom stereocenters. The van der Waals surface area contributed by atoms with Crippen molar-refractivity contribution in [1.29, 1.82) is 0 Å². The summed E-state index contributed by atoms with van der Waals surface area (Å²) in [5.41, 5.74) is 1.36. The Morgan fingerprint density at radius 2 is 2.16 bits per heavy atom. The third-order valence-corrected chi connectivity index (χ3v) is 9.06. The number of likely N-dealkylation sites (tertiary alicyclic amines) is 1. The van der Waals surface area contributed by atoms with E-state index in [1.165, 1.54) is 17.4 Å². The lowest BCUT2D eigenvalue weighted by Gasteiger charge is -2.38. The van der Waals surface area contributed by atoms with E-state index in [0.29, 0.717) is 47.2 Å². The van der Waals surface area contributed by atoms with Crippen LogP contribution in [0.4, 0.5) is 4.39 Å². The highest BCUT2D eigenvalue weighted by Crippen LogP contribution is 2.33. The van der Waals surface area contributed by atoms with Crippen LogP contribution in [0.25, 0.3) is 10.9 Å².